The third-order valence-electron chi connectivity index (χ3n) is 1.74. The maximum atomic E-state index is 10.5. The number of rotatable bonds is 2. The zero-order valence-corrected chi connectivity index (χ0v) is 9.45. The molecule has 80 valence electrons. The molecule has 0 aliphatic carbocycles. The Labute approximate surface area is 84.9 Å². The third-order valence-corrected chi connectivity index (χ3v) is 3.72. The van der Waals surface area contributed by atoms with E-state index in [-0.39, 0.29) is 0 Å². The minimum Gasteiger partial charge on any atom is -0.508 e. The third kappa shape index (κ3) is 6.70. The fourth-order valence-electron chi connectivity index (χ4n) is 0.652. The highest BCUT2D eigenvalue weighted by molar-refractivity contribution is 7.57. The van der Waals surface area contributed by atoms with Crippen LogP contribution in [-0.2, 0) is 4.57 Å². The van der Waals surface area contributed by atoms with Gasteiger partial charge >= 0.3 is 0 Å². The number of phenolic OH excluding ortho intramolecular Hbond substituents is 1. The lowest BCUT2D eigenvalue weighted by atomic mass is 10.3. The molecule has 0 fully saturated rings. The van der Waals surface area contributed by atoms with Gasteiger partial charge in [-0.3, -0.25) is 4.57 Å². The molecule has 0 saturated heterocycles. The molecule has 1 aromatic rings. The molecule has 0 amide bonds. The lowest BCUT2D eigenvalue weighted by Crippen LogP contribution is -1.84. The summed E-state index contributed by atoms with van der Waals surface area (Å²) < 4.78 is 10.5. The van der Waals surface area contributed by atoms with Crippen LogP contribution in [0.4, 0.5) is 0 Å². The normalized spacial score (nSPS) is 10.2. The van der Waals surface area contributed by atoms with Gasteiger partial charge in [0.2, 0.25) is 0 Å². The van der Waals surface area contributed by atoms with Gasteiger partial charge < -0.3 is 10.00 Å². The second kappa shape index (κ2) is 6.63. The molecule has 0 heterocycles. The van der Waals surface area contributed by atoms with E-state index >= 15 is 0 Å². The van der Waals surface area contributed by atoms with E-state index in [1.165, 1.54) is 0 Å². The van der Waals surface area contributed by atoms with Crippen molar-refractivity contribution in [3.05, 3.63) is 30.3 Å². The van der Waals surface area contributed by atoms with Crippen LogP contribution in [-0.4, -0.2) is 22.3 Å². The molecule has 0 unspecified atom stereocenters. The molecule has 0 atom stereocenters. The van der Waals surface area contributed by atoms with Gasteiger partial charge in [-0.25, -0.2) is 0 Å². The summed E-state index contributed by atoms with van der Waals surface area (Å²) in [5, 5.41) is 8.63. The zero-order chi connectivity index (χ0) is 11.0. The maximum Gasteiger partial charge on any atom is 0.200 e. The van der Waals surface area contributed by atoms with Crippen molar-refractivity contribution < 1.29 is 14.6 Å². The van der Waals surface area contributed by atoms with Crippen molar-refractivity contribution in [2.24, 2.45) is 0 Å². The molecule has 0 saturated carbocycles. The largest absolute Gasteiger partial charge is 0.508 e. The second-order valence-corrected chi connectivity index (χ2v) is 5.77. The van der Waals surface area contributed by atoms with Crippen molar-refractivity contribution in [2.75, 3.05) is 12.3 Å². The average molecular weight is 216 g/mol. The van der Waals surface area contributed by atoms with E-state index in [2.05, 4.69) is 0 Å². The number of hydrogen-bond donors (Lipinski definition) is 2. The number of hydrogen-bond acceptors (Lipinski definition) is 2. The fourth-order valence-corrected chi connectivity index (χ4v) is 1.10. The lowest BCUT2D eigenvalue weighted by molar-refractivity contribution is 0.475. The first-order valence-electron chi connectivity index (χ1n) is 4.56. The Hall–Kier alpha value is -0.790. The summed E-state index contributed by atoms with van der Waals surface area (Å²) >= 11 is 0. The highest BCUT2D eigenvalue weighted by atomic mass is 31.2. The zero-order valence-electron chi connectivity index (χ0n) is 8.55. The smallest absolute Gasteiger partial charge is 0.200 e. The van der Waals surface area contributed by atoms with Crippen LogP contribution in [0.3, 0.4) is 0 Å². The first-order valence-corrected chi connectivity index (χ1v) is 6.59. The van der Waals surface area contributed by atoms with Crippen LogP contribution < -0.4 is 0 Å². The lowest BCUT2D eigenvalue weighted by Gasteiger charge is -2.01. The van der Waals surface area contributed by atoms with E-state index in [4.69, 9.17) is 10.00 Å². The van der Waals surface area contributed by atoms with E-state index in [0.29, 0.717) is 18.1 Å². The van der Waals surface area contributed by atoms with Crippen molar-refractivity contribution in [1.82, 2.24) is 0 Å². The van der Waals surface area contributed by atoms with Gasteiger partial charge in [-0.15, -0.1) is 0 Å². The van der Waals surface area contributed by atoms with Crippen LogP contribution in [0.5, 0.6) is 5.75 Å². The first kappa shape index (κ1) is 13.2. The number of para-hydroxylation sites is 1. The predicted octanol–water partition coefficient (Wildman–Crippen LogP) is 2.69. The molecule has 1 aromatic carbocycles. The van der Waals surface area contributed by atoms with Crippen molar-refractivity contribution in [1.29, 1.82) is 0 Å². The molecule has 0 bridgehead atoms. The Morgan fingerprint density at radius 1 is 1.14 bits per heavy atom. The molecule has 0 radical (unpaired) electrons. The number of benzene rings is 1. The summed E-state index contributed by atoms with van der Waals surface area (Å²) in [6.45, 7) is 3.45. The van der Waals surface area contributed by atoms with E-state index < -0.39 is 7.37 Å². The van der Waals surface area contributed by atoms with Gasteiger partial charge in [-0.05, 0) is 12.1 Å². The fraction of sp³-hybridized carbons (Fsp3) is 0.400. The molecule has 0 spiro atoms. The van der Waals surface area contributed by atoms with Gasteiger partial charge in [0.15, 0.2) is 7.37 Å². The summed E-state index contributed by atoms with van der Waals surface area (Å²) in [5.74, 6) is 0.322. The Kier molecular flexibility index (Phi) is 6.26. The molecule has 0 aromatic heterocycles. The van der Waals surface area contributed by atoms with E-state index in [9.17, 15) is 4.57 Å². The standard InChI is InChI=1S/C6H6O.C4H11O2P/c7-6-4-2-1-3-5-6;1-3-7(5,6)4-2/h1-5,7H;3-4H2,1-2H3,(H,5,6). The van der Waals surface area contributed by atoms with Crippen LogP contribution in [0.2, 0.25) is 0 Å². The van der Waals surface area contributed by atoms with Crippen LogP contribution in [0.1, 0.15) is 13.8 Å². The molecule has 2 N–H and O–H groups in total. The minimum absolute atomic E-state index is 0.322. The van der Waals surface area contributed by atoms with Gasteiger partial charge in [-0.2, -0.15) is 0 Å². The molecule has 0 aliphatic heterocycles. The van der Waals surface area contributed by atoms with Crippen LogP contribution >= 0.6 is 7.37 Å². The second-order valence-electron chi connectivity index (χ2n) is 2.81. The quantitative estimate of drug-likeness (QED) is 0.747. The van der Waals surface area contributed by atoms with Crippen molar-refractivity contribution in [3.63, 3.8) is 0 Å². The Balaban J connectivity index is 0.000000241. The van der Waals surface area contributed by atoms with Gasteiger partial charge in [-0.1, -0.05) is 32.0 Å². The predicted molar refractivity (Wildman–Crippen MR) is 59.0 cm³/mol. The summed E-state index contributed by atoms with van der Waals surface area (Å²) in [6.07, 6.45) is 0.812. The molecule has 0 aliphatic rings. The SMILES string of the molecule is CCP(=O)(O)CC.Oc1ccccc1. The van der Waals surface area contributed by atoms with Gasteiger partial charge in [0.25, 0.3) is 0 Å². The van der Waals surface area contributed by atoms with E-state index in [1.807, 2.05) is 6.07 Å². The highest BCUT2D eigenvalue weighted by Gasteiger charge is 2.08. The Morgan fingerprint density at radius 3 is 1.71 bits per heavy atom. The minimum atomic E-state index is -2.65. The van der Waals surface area contributed by atoms with Crippen LogP contribution in [0.25, 0.3) is 0 Å². The average Bonchev–Trinajstić information content (AvgIpc) is 2.20. The monoisotopic (exact) mass is 216 g/mol. The number of aromatic hydroxyl groups is 1. The maximum absolute atomic E-state index is 10.5. The molecule has 14 heavy (non-hydrogen) atoms. The van der Waals surface area contributed by atoms with Crippen LogP contribution in [0.15, 0.2) is 30.3 Å². The summed E-state index contributed by atoms with van der Waals surface area (Å²) in [7, 11) is -2.65. The summed E-state index contributed by atoms with van der Waals surface area (Å²) in [5.41, 5.74) is 0. The van der Waals surface area contributed by atoms with Crippen molar-refractivity contribution in [2.45, 2.75) is 13.8 Å². The Morgan fingerprint density at radius 2 is 1.57 bits per heavy atom. The Bertz CT molecular complexity index is 277. The van der Waals surface area contributed by atoms with Crippen LogP contribution in [0, 0.1) is 0 Å². The topological polar surface area (TPSA) is 57.5 Å². The first-order chi connectivity index (χ1) is 6.52. The number of phenols is 1. The molecular weight excluding hydrogens is 199 g/mol. The van der Waals surface area contributed by atoms with E-state index in [0.717, 1.165) is 0 Å². The van der Waals surface area contributed by atoms with Crippen molar-refractivity contribution in [3.8, 4) is 5.75 Å². The van der Waals surface area contributed by atoms with Gasteiger partial charge in [0.1, 0.15) is 5.75 Å². The molecule has 3 nitrogen and oxygen atoms in total. The summed E-state index contributed by atoms with van der Waals surface area (Å²) in [4.78, 5) is 8.69. The highest BCUT2D eigenvalue weighted by Crippen LogP contribution is 2.38. The summed E-state index contributed by atoms with van der Waals surface area (Å²) in [6, 6.07) is 8.71. The molecule has 1 rings (SSSR count). The molecule has 4 heteroatoms. The molecular formula is C10H17O3P. The van der Waals surface area contributed by atoms with Gasteiger partial charge in [0.05, 0.1) is 0 Å². The van der Waals surface area contributed by atoms with Crippen molar-refractivity contribution >= 4 is 7.37 Å². The van der Waals surface area contributed by atoms with E-state index in [1.54, 1.807) is 38.1 Å². The van der Waals surface area contributed by atoms with Gasteiger partial charge in [0, 0.05) is 12.3 Å².